The van der Waals surface area contributed by atoms with Gasteiger partial charge < -0.3 is 15.4 Å². The Kier molecular flexibility index (Phi) is 6.27. The molecule has 0 bridgehead atoms. The molecule has 1 rings (SSSR count). The van der Waals surface area contributed by atoms with Crippen molar-refractivity contribution in [3.05, 3.63) is 23.8 Å². The van der Waals surface area contributed by atoms with Gasteiger partial charge in [0.2, 0.25) is 0 Å². The largest absolute Gasteiger partial charge is 0.444 e. The summed E-state index contributed by atoms with van der Waals surface area (Å²) in [5.74, 6) is -0.126. The van der Waals surface area contributed by atoms with Crippen molar-refractivity contribution in [2.45, 2.75) is 46.1 Å². The second-order valence-electron chi connectivity index (χ2n) is 6.16. The number of alkyl carbamates (subject to hydrolysis) is 1. The molecule has 7 heteroatoms. The summed E-state index contributed by atoms with van der Waals surface area (Å²) in [6.07, 6.45) is 2.42. The van der Waals surface area contributed by atoms with Crippen molar-refractivity contribution in [3.63, 3.8) is 0 Å². The molecule has 22 heavy (non-hydrogen) atoms. The zero-order chi connectivity index (χ0) is 16.8. The highest BCUT2D eigenvalue weighted by atomic mass is 16.6. The number of nitrogens with one attached hydrogen (secondary N) is 2. The summed E-state index contributed by atoms with van der Waals surface area (Å²) < 4.78 is 5.10. The first-order chi connectivity index (χ1) is 10.2. The van der Waals surface area contributed by atoms with Crippen molar-refractivity contribution < 1.29 is 14.3 Å². The molecule has 0 atom stereocenters. The smallest absolute Gasteiger partial charge is 0.407 e. The van der Waals surface area contributed by atoms with E-state index in [0.29, 0.717) is 17.8 Å². The average Bonchev–Trinajstić information content (AvgIpc) is 2.41. The highest BCUT2D eigenvalue weighted by Gasteiger charge is 2.17. The van der Waals surface area contributed by atoms with Gasteiger partial charge in [-0.2, -0.15) is 0 Å². The van der Waals surface area contributed by atoms with Gasteiger partial charge in [0.1, 0.15) is 11.9 Å². The summed E-state index contributed by atoms with van der Waals surface area (Å²) in [7, 11) is 0. The predicted octanol–water partition coefficient (Wildman–Crippen LogP) is 1.85. The number of hydrogen-bond acceptors (Lipinski definition) is 5. The normalized spacial score (nSPS) is 11.2. The maximum absolute atomic E-state index is 12.1. The molecule has 1 aromatic heterocycles. The van der Waals surface area contributed by atoms with E-state index in [4.69, 9.17) is 4.74 Å². The van der Waals surface area contributed by atoms with Crippen molar-refractivity contribution in [2.24, 2.45) is 0 Å². The Hall–Kier alpha value is -2.18. The van der Waals surface area contributed by atoms with Crippen LogP contribution in [0.1, 0.15) is 56.6 Å². The molecule has 2 amide bonds. The number of carbonyl (C=O) groups excluding carboxylic acids is 2. The minimum Gasteiger partial charge on any atom is -0.444 e. The van der Waals surface area contributed by atoms with Gasteiger partial charge in [-0.05, 0) is 26.7 Å². The van der Waals surface area contributed by atoms with Crippen LogP contribution in [0.5, 0.6) is 0 Å². The van der Waals surface area contributed by atoms with Crippen molar-refractivity contribution >= 4 is 12.0 Å². The Labute approximate surface area is 130 Å². The van der Waals surface area contributed by atoms with Gasteiger partial charge in [0, 0.05) is 19.3 Å². The Balaban J connectivity index is 2.43. The van der Waals surface area contributed by atoms with E-state index in [2.05, 4.69) is 20.6 Å². The molecule has 2 N–H and O–H groups in total. The lowest BCUT2D eigenvalue weighted by Crippen LogP contribution is -2.38. The van der Waals surface area contributed by atoms with Crippen LogP contribution >= 0.6 is 0 Å². The molecule has 1 aromatic rings. The standard InChI is InChI=1S/C15H24N4O3/c1-10(2)12-11(8-16-9-19-12)13(20)17-6-7-18-14(21)22-15(3,4)5/h8-10H,6-7H2,1-5H3,(H,17,20)(H,18,21). The quantitative estimate of drug-likeness (QED) is 0.810. The molecule has 0 saturated carbocycles. The Morgan fingerprint density at radius 2 is 1.86 bits per heavy atom. The minimum atomic E-state index is -0.541. The zero-order valence-electron chi connectivity index (χ0n) is 13.8. The second-order valence-corrected chi connectivity index (χ2v) is 6.16. The van der Waals surface area contributed by atoms with Crippen LogP contribution in [-0.4, -0.2) is 40.7 Å². The van der Waals surface area contributed by atoms with Crippen molar-refractivity contribution in [1.29, 1.82) is 0 Å². The van der Waals surface area contributed by atoms with Crippen LogP contribution in [0.4, 0.5) is 4.79 Å². The molecule has 1 heterocycles. The SMILES string of the molecule is CC(C)c1ncncc1C(=O)NCCNC(=O)OC(C)(C)C. The molecular weight excluding hydrogens is 284 g/mol. The molecule has 0 aliphatic rings. The maximum atomic E-state index is 12.1. The molecule has 122 valence electrons. The second kappa shape index (κ2) is 7.72. The lowest BCUT2D eigenvalue weighted by Gasteiger charge is -2.19. The number of aromatic nitrogens is 2. The summed E-state index contributed by atoms with van der Waals surface area (Å²) in [6.45, 7) is 9.87. The number of amides is 2. The molecule has 0 aliphatic heterocycles. The van der Waals surface area contributed by atoms with Crippen molar-refractivity contribution in [2.75, 3.05) is 13.1 Å². The lowest BCUT2D eigenvalue weighted by atomic mass is 10.0. The van der Waals surface area contributed by atoms with E-state index < -0.39 is 11.7 Å². The van der Waals surface area contributed by atoms with Crippen LogP contribution in [0.3, 0.4) is 0 Å². The van der Waals surface area contributed by atoms with Gasteiger partial charge in [-0.3, -0.25) is 4.79 Å². The Morgan fingerprint density at radius 3 is 2.45 bits per heavy atom. The first kappa shape index (κ1) is 17.9. The number of ether oxygens (including phenoxy) is 1. The lowest BCUT2D eigenvalue weighted by molar-refractivity contribution is 0.0526. The van der Waals surface area contributed by atoms with Gasteiger partial charge in [-0.1, -0.05) is 13.8 Å². The van der Waals surface area contributed by atoms with E-state index >= 15 is 0 Å². The number of rotatable bonds is 5. The fourth-order valence-corrected chi connectivity index (χ4v) is 1.72. The number of hydrogen-bond donors (Lipinski definition) is 2. The van der Waals surface area contributed by atoms with E-state index in [9.17, 15) is 9.59 Å². The summed E-state index contributed by atoms with van der Waals surface area (Å²) >= 11 is 0. The zero-order valence-corrected chi connectivity index (χ0v) is 13.8. The highest BCUT2D eigenvalue weighted by molar-refractivity contribution is 5.95. The first-order valence-electron chi connectivity index (χ1n) is 7.25. The number of nitrogens with zero attached hydrogens (tertiary/aromatic N) is 2. The predicted molar refractivity (Wildman–Crippen MR) is 82.7 cm³/mol. The van der Waals surface area contributed by atoms with Crippen LogP contribution in [0.2, 0.25) is 0 Å². The molecule has 0 aliphatic carbocycles. The molecule has 0 spiro atoms. The van der Waals surface area contributed by atoms with Gasteiger partial charge in [-0.15, -0.1) is 0 Å². The molecule has 0 saturated heterocycles. The summed E-state index contributed by atoms with van der Waals surface area (Å²) in [5, 5.41) is 5.30. The Bertz CT molecular complexity index is 524. The maximum Gasteiger partial charge on any atom is 0.407 e. The van der Waals surface area contributed by atoms with Crippen LogP contribution in [0.15, 0.2) is 12.5 Å². The van der Waals surface area contributed by atoms with Gasteiger partial charge in [-0.25, -0.2) is 14.8 Å². The molecule has 0 unspecified atom stereocenters. The highest BCUT2D eigenvalue weighted by Crippen LogP contribution is 2.15. The van der Waals surface area contributed by atoms with E-state index in [1.807, 2.05) is 13.8 Å². The fourth-order valence-electron chi connectivity index (χ4n) is 1.72. The summed E-state index contributed by atoms with van der Waals surface area (Å²) in [4.78, 5) is 31.6. The summed E-state index contributed by atoms with van der Waals surface area (Å²) in [5.41, 5.74) is 0.614. The van der Waals surface area contributed by atoms with Gasteiger partial charge in [0.05, 0.1) is 11.3 Å². The first-order valence-corrected chi connectivity index (χ1v) is 7.25. The molecular formula is C15H24N4O3. The molecule has 7 nitrogen and oxygen atoms in total. The van der Waals surface area contributed by atoms with Crippen LogP contribution in [0.25, 0.3) is 0 Å². The van der Waals surface area contributed by atoms with E-state index in [1.165, 1.54) is 12.5 Å². The molecule has 0 fully saturated rings. The number of carbonyl (C=O) groups is 2. The minimum absolute atomic E-state index is 0.128. The van der Waals surface area contributed by atoms with Gasteiger partial charge >= 0.3 is 6.09 Å². The Morgan fingerprint density at radius 1 is 1.23 bits per heavy atom. The van der Waals surface area contributed by atoms with Gasteiger partial charge in [0.15, 0.2) is 0 Å². The topological polar surface area (TPSA) is 93.2 Å². The van der Waals surface area contributed by atoms with Crippen molar-refractivity contribution in [3.8, 4) is 0 Å². The third-order valence-corrected chi connectivity index (χ3v) is 2.61. The monoisotopic (exact) mass is 308 g/mol. The van der Waals surface area contributed by atoms with E-state index in [-0.39, 0.29) is 18.4 Å². The van der Waals surface area contributed by atoms with Crippen LogP contribution in [-0.2, 0) is 4.74 Å². The summed E-state index contributed by atoms with van der Waals surface area (Å²) in [6, 6.07) is 0. The van der Waals surface area contributed by atoms with E-state index in [0.717, 1.165) is 0 Å². The third kappa shape index (κ3) is 6.07. The van der Waals surface area contributed by atoms with Gasteiger partial charge in [0.25, 0.3) is 5.91 Å². The average molecular weight is 308 g/mol. The fraction of sp³-hybridized carbons (Fsp3) is 0.600. The molecule has 0 aromatic carbocycles. The third-order valence-electron chi connectivity index (χ3n) is 2.61. The van der Waals surface area contributed by atoms with Crippen molar-refractivity contribution in [1.82, 2.24) is 20.6 Å². The van der Waals surface area contributed by atoms with E-state index in [1.54, 1.807) is 20.8 Å². The molecule has 0 radical (unpaired) electrons. The van der Waals surface area contributed by atoms with Crippen LogP contribution < -0.4 is 10.6 Å². The van der Waals surface area contributed by atoms with Crippen LogP contribution in [0, 0.1) is 0 Å².